The predicted molar refractivity (Wildman–Crippen MR) is 103 cm³/mol. The van der Waals surface area contributed by atoms with Gasteiger partial charge in [-0.3, -0.25) is 4.79 Å². The van der Waals surface area contributed by atoms with Crippen molar-refractivity contribution in [3.8, 4) is 17.2 Å². The molecule has 138 valence electrons. The van der Waals surface area contributed by atoms with E-state index in [2.05, 4.69) is 0 Å². The average molecular weight is 355 g/mol. The molecule has 0 bridgehead atoms. The van der Waals surface area contributed by atoms with Gasteiger partial charge in [0.25, 0.3) is 0 Å². The molecule has 0 saturated heterocycles. The minimum Gasteiger partial charge on any atom is -0.497 e. The van der Waals surface area contributed by atoms with Gasteiger partial charge in [0.1, 0.15) is 23.9 Å². The zero-order chi connectivity index (χ0) is 18.9. The van der Waals surface area contributed by atoms with Crippen molar-refractivity contribution in [2.75, 3.05) is 41.5 Å². The third kappa shape index (κ3) is 5.63. The summed E-state index contributed by atoms with van der Waals surface area (Å²) in [6, 6.07) is 12.6. The van der Waals surface area contributed by atoms with Crippen molar-refractivity contribution in [3.63, 3.8) is 0 Å². The lowest BCUT2D eigenvalue weighted by Crippen LogP contribution is -2.19. The van der Waals surface area contributed by atoms with E-state index in [4.69, 9.17) is 14.2 Å². The van der Waals surface area contributed by atoms with E-state index in [1.165, 1.54) is 6.08 Å². The zero-order valence-corrected chi connectivity index (χ0v) is 15.7. The van der Waals surface area contributed by atoms with Gasteiger partial charge in [-0.15, -0.1) is 0 Å². The summed E-state index contributed by atoms with van der Waals surface area (Å²) >= 11 is 0. The van der Waals surface area contributed by atoms with Crippen molar-refractivity contribution >= 4 is 11.9 Å². The Morgan fingerprint density at radius 1 is 1.04 bits per heavy atom. The number of likely N-dealkylation sites (N-methyl/N-ethyl adjacent to an activating group) is 1. The maximum Gasteiger partial charge on any atom is 0.185 e. The SMILES string of the molecule is COc1ccc(OC)c(C=CC(=O)c2cccc(OCCN(C)C)c2)c1. The van der Waals surface area contributed by atoms with Gasteiger partial charge in [-0.25, -0.2) is 0 Å². The van der Waals surface area contributed by atoms with Crippen LogP contribution in [0.1, 0.15) is 15.9 Å². The van der Waals surface area contributed by atoms with E-state index in [0.717, 1.165) is 12.1 Å². The topological polar surface area (TPSA) is 48.0 Å². The van der Waals surface area contributed by atoms with Gasteiger partial charge >= 0.3 is 0 Å². The number of allylic oxidation sites excluding steroid dienone is 1. The Kier molecular flexibility index (Phi) is 7.24. The van der Waals surface area contributed by atoms with Crippen LogP contribution in [-0.4, -0.2) is 52.1 Å². The predicted octanol–water partition coefficient (Wildman–Crippen LogP) is 3.54. The minimum absolute atomic E-state index is 0.104. The summed E-state index contributed by atoms with van der Waals surface area (Å²) in [7, 11) is 7.17. The maximum absolute atomic E-state index is 12.5. The lowest BCUT2D eigenvalue weighted by atomic mass is 10.1. The molecule has 0 aliphatic heterocycles. The highest BCUT2D eigenvalue weighted by Crippen LogP contribution is 2.25. The molecule has 0 aliphatic carbocycles. The molecule has 5 heteroatoms. The summed E-state index contributed by atoms with van der Waals surface area (Å²) in [5, 5.41) is 0. The molecule has 0 saturated carbocycles. The maximum atomic E-state index is 12.5. The lowest BCUT2D eigenvalue weighted by molar-refractivity contribution is 0.104. The molecule has 0 aliphatic rings. The number of ketones is 1. The smallest absolute Gasteiger partial charge is 0.185 e. The third-order valence-corrected chi connectivity index (χ3v) is 3.78. The van der Waals surface area contributed by atoms with E-state index in [1.54, 1.807) is 32.4 Å². The number of hydrogen-bond acceptors (Lipinski definition) is 5. The monoisotopic (exact) mass is 355 g/mol. The quantitative estimate of drug-likeness (QED) is 0.509. The number of carbonyl (C=O) groups excluding carboxylic acids is 1. The lowest BCUT2D eigenvalue weighted by Gasteiger charge is -2.11. The summed E-state index contributed by atoms with van der Waals surface area (Å²) in [5.41, 5.74) is 1.35. The molecule has 0 N–H and O–H groups in total. The molecule has 0 fully saturated rings. The average Bonchev–Trinajstić information content (AvgIpc) is 2.65. The van der Waals surface area contributed by atoms with E-state index in [1.807, 2.05) is 49.3 Å². The Labute approximate surface area is 154 Å². The molecule has 0 amide bonds. The first-order chi connectivity index (χ1) is 12.5. The summed E-state index contributed by atoms with van der Waals surface area (Å²) < 4.78 is 16.2. The largest absolute Gasteiger partial charge is 0.497 e. The van der Waals surface area contributed by atoms with Crippen LogP contribution in [-0.2, 0) is 0 Å². The van der Waals surface area contributed by atoms with Gasteiger partial charge in [0.05, 0.1) is 14.2 Å². The molecule has 0 atom stereocenters. The Balaban J connectivity index is 2.11. The van der Waals surface area contributed by atoms with Gasteiger partial charge in [0.2, 0.25) is 0 Å². The van der Waals surface area contributed by atoms with Crippen LogP contribution in [0.25, 0.3) is 6.08 Å². The van der Waals surface area contributed by atoms with Gasteiger partial charge in [-0.1, -0.05) is 12.1 Å². The molecule has 2 aromatic carbocycles. The number of methoxy groups -OCH3 is 2. The molecule has 0 aromatic heterocycles. The van der Waals surface area contributed by atoms with Crippen molar-refractivity contribution in [2.45, 2.75) is 0 Å². The normalized spacial score (nSPS) is 11.0. The first-order valence-electron chi connectivity index (χ1n) is 8.35. The van der Waals surface area contributed by atoms with Gasteiger partial charge in [-0.05, 0) is 56.6 Å². The van der Waals surface area contributed by atoms with Crippen LogP contribution in [0.15, 0.2) is 48.5 Å². The summed E-state index contributed by atoms with van der Waals surface area (Å²) in [4.78, 5) is 14.5. The zero-order valence-electron chi connectivity index (χ0n) is 15.7. The molecule has 0 spiro atoms. The van der Waals surface area contributed by atoms with Gasteiger partial charge in [-0.2, -0.15) is 0 Å². The minimum atomic E-state index is -0.104. The van der Waals surface area contributed by atoms with E-state index in [-0.39, 0.29) is 5.78 Å². The highest BCUT2D eigenvalue weighted by atomic mass is 16.5. The molecule has 0 heterocycles. The Morgan fingerprint density at radius 2 is 1.85 bits per heavy atom. The van der Waals surface area contributed by atoms with E-state index >= 15 is 0 Å². The van der Waals surface area contributed by atoms with Crippen LogP contribution >= 0.6 is 0 Å². The fraction of sp³-hybridized carbons (Fsp3) is 0.286. The first-order valence-corrected chi connectivity index (χ1v) is 8.35. The van der Waals surface area contributed by atoms with Gasteiger partial charge < -0.3 is 19.1 Å². The van der Waals surface area contributed by atoms with E-state index < -0.39 is 0 Å². The summed E-state index contributed by atoms with van der Waals surface area (Å²) in [6.07, 6.45) is 3.25. The van der Waals surface area contributed by atoms with Crippen LogP contribution in [0.5, 0.6) is 17.2 Å². The number of nitrogens with zero attached hydrogens (tertiary/aromatic N) is 1. The molecule has 5 nitrogen and oxygen atoms in total. The standard InChI is InChI=1S/C21H25NO4/c1-22(2)12-13-26-19-7-5-6-16(14-19)20(23)10-8-17-15-18(24-3)9-11-21(17)25-4/h5-11,14-15H,12-13H2,1-4H3. The molecular weight excluding hydrogens is 330 g/mol. The van der Waals surface area contributed by atoms with Crippen molar-refractivity contribution in [3.05, 3.63) is 59.7 Å². The fourth-order valence-electron chi connectivity index (χ4n) is 2.32. The molecule has 2 rings (SSSR count). The number of hydrogen-bond donors (Lipinski definition) is 0. The van der Waals surface area contributed by atoms with Crippen LogP contribution < -0.4 is 14.2 Å². The van der Waals surface area contributed by atoms with Crippen LogP contribution in [0.2, 0.25) is 0 Å². The first kappa shape index (κ1) is 19.5. The van der Waals surface area contributed by atoms with Crippen LogP contribution in [0.3, 0.4) is 0 Å². The molecule has 0 radical (unpaired) electrons. The second kappa shape index (κ2) is 9.63. The Morgan fingerprint density at radius 3 is 2.54 bits per heavy atom. The number of benzene rings is 2. The molecular formula is C21H25NO4. The highest BCUT2D eigenvalue weighted by Gasteiger charge is 2.06. The second-order valence-corrected chi connectivity index (χ2v) is 5.99. The highest BCUT2D eigenvalue weighted by molar-refractivity contribution is 6.07. The van der Waals surface area contributed by atoms with Crippen molar-refractivity contribution in [2.24, 2.45) is 0 Å². The number of rotatable bonds is 9. The number of carbonyl (C=O) groups is 1. The second-order valence-electron chi connectivity index (χ2n) is 5.99. The molecule has 26 heavy (non-hydrogen) atoms. The van der Waals surface area contributed by atoms with Crippen LogP contribution in [0.4, 0.5) is 0 Å². The molecule has 0 unspecified atom stereocenters. The summed E-state index contributed by atoms with van der Waals surface area (Å²) in [6.45, 7) is 1.38. The summed E-state index contributed by atoms with van der Waals surface area (Å²) in [5.74, 6) is 1.96. The third-order valence-electron chi connectivity index (χ3n) is 3.78. The number of ether oxygens (including phenoxy) is 3. The van der Waals surface area contributed by atoms with E-state index in [0.29, 0.717) is 29.4 Å². The Bertz CT molecular complexity index is 768. The fourth-order valence-corrected chi connectivity index (χ4v) is 2.32. The van der Waals surface area contributed by atoms with Crippen molar-refractivity contribution < 1.29 is 19.0 Å². The Hall–Kier alpha value is -2.79. The van der Waals surface area contributed by atoms with E-state index in [9.17, 15) is 4.79 Å². The van der Waals surface area contributed by atoms with Crippen molar-refractivity contribution in [1.82, 2.24) is 4.90 Å². The molecule has 2 aromatic rings. The van der Waals surface area contributed by atoms with Crippen molar-refractivity contribution in [1.29, 1.82) is 0 Å². The van der Waals surface area contributed by atoms with Crippen LogP contribution in [0, 0.1) is 0 Å². The van der Waals surface area contributed by atoms with Gasteiger partial charge in [0, 0.05) is 17.7 Å². The van der Waals surface area contributed by atoms with Gasteiger partial charge in [0.15, 0.2) is 5.78 Å².